The van der Waals surface area contributed by atoms with Gasteiger partial charge in [0.15, 0.2) is 5.13 Å². The Morgan fingerprint density at radius 1 is 1.17 bits per heavy atom. The van der Waals surface area contributed by atoms with Crippen molar-refractivity contribution in [1.29, 1.82) is 0 Å². The fourth-order valence-corrected chi connectivity index (χ4v) is 4.73. The Kier molecular flexibility index (Phi) is 6.42. The van der Waals surface area contributed by atoms with E-state index in [4.69, 9.17) is 4.74 Å². The summed E-state index contributed by atoms with van der Waals surface area (Å²) >= 11 is 1.25. The number of carbonyl (C=O) groups excluding carboxylic acids is 2. The van der Waals surface area contributed by atoms with Crippen LogP contribution in [0.4, 0.5) is 5.13 Å². The molecule has 6 heteroatoms. The molecule has 156 valence electrons. The van der Waals surface area contributed by atoms with Gasteiger partial charge in [-0.05, 0) is 49.8 Å². The number of amides is 1. The van der Waals surface area contributed by atoms with Gasteiger partial charge in [0.2, 0.25) is 0 Å². The first-order valence-corrected chi connectivity index (χ1v) is 11.1. The van der Waals surface area contributed by atoms with Gasteiger partial charge in [0.05, 0.1) is 12.3 Å². The second-order valence-electron chi connectivity index (χ2n) is 8.57. The predicted molar refractivity (Wildman–Crippen MR) is 117 cm³/mol. The highest BCUT2D eigenvalue weighted by Crippen LogP contribution is 2.34. The van der Waals surface area contributed by atoms with Crippen molar-refractivity contribution in [2.45, 2.75) is 71.8 Å². The van der Waals surface area contributed by atoms with Gasteiger partial charge in [-0.2, -0.15) is 0 Å². The number of hydrogen-bond donors (Lipinski definition) is 0. The Morgan fingerprint density at radius 2 is 1.79 bits per heavy atom. The molecule has 1 aromatic carbocycles. The van der Waals surface area contributed by atoms with E-state index >= 15 is 0 Å². The zero-order chi connectivity index (χ0) is 21.2. The first kappa shape index (κ1) is 21.5. The van der Waals surface area contributed by atoms with Crippen molar-refractivity contribution in [3.8, 4) is 0 Å². The van der Waals surface area contributed by atoms with Crippen LogP contribution in [0.2, 0.25) is 0 Å². The van der Waals surface area contributed by atoms with Crippen molar-refractivity contribution in [1.82, 2.24) is 4.98 Å². The van der Waals surface area contributed by atoms with Crippen LogP contribution in [0.15, 0.2) is 24.3 Å². The summed E-state index contributed by atoms with van der Waals surface area (Å²) in [6, 6.07) is 7.97. The van der Waals surface area contributed by atoms with E-state index in [1.165, 1.54) is 16.9 Å². The molecular formula is C23H30N2O3S. The summed E-state index contributed by atoms with van der Waals surface area (Å²) in [6.07, 6.45) is 4.12. The average Bonchev–Trinajstić information content (AvgIpc) is 3.32. The maximum absolute atomic E-state index is 13.5. The van der Waals surface area contributed by atoms with Crippen molar-refractivity contribution in [2.75, 3.05) is 11.5 Å². The minimum atomic E-state index is -0.373. The third-order valence-electron chi connectivity index (χ3n) is 5.36. The number of carbonyl (C=O) groups is 2. The molecular weight excluding hydrogens is 384 g/mol. The van der Waals surface area contributed by atoms with Crippen LogP contribution >= 0.6 is 11.3 Å². The zero-order valence-electron chi connectivity index (χ0n) is 17.9. The highest BCUT2D eigenvalue weighted by Gasteiger charge is 2.32. The number of thiazole rings is 1. The number of aromatic nitrogens is 1. The smallest absolute Gasteiger partial charge is 0.350 e. The number of rotatable bonds is 5. The second kappa shape index (κ2) is 8.66. The first-order chi connectivity index (χ1) is 13.7. The Morgan fingerprint density at radius 3 is 2.34 bits per heavy atom. The fraction of sp³-hybridized carbons (Fsp3) is 0.522. The number of benzene rings is 1. The Balaban J connectivity index is 1.95. The molecule has 1 amide bonds. The molecule has 0 N–H and O–H groups in total. The van der Waals surface area contributed by atoms with Gasteiger partial charge in [0.25, 0.3) is 5.91 Å². The number of nitrogens with zero attached hydrogens (tertiary/aromatic N) is 2. The molecule has 0 aliphatic heterocycles. The number of hydrogen-bond acceptors (Lipinski definition) is 5. The molecule has 0 radical (unpaired) electrons. The van der Waals surface area contributed by atoms with E-state index in [2.05, 4.69) is 25.8 Å². The molecule has 0 bridgehead atoms. The average molecular weight is 415 g/mol. The molecule has 1 aliphatic carbocycles. The van der Waals surface area contributed by atoms with Crippen molar-refractivity contribution in [3.63, 3.8) is 0 Å². The number of anilines is 1. The van der Waals surface area contributed by atoms with Crippen LogP contribution in [0, 0.1) is 6.92 Å². The summed E-state index contributed by atoms with van der Waals surface area (Å²) in [4.78, 5) is 32.6. The van der Waals surface area contributed by atoms with Crippen LogP contribution < -0.4 is 4.90 Å². The molecule has 1 aliphatic rings. The van der Waals surface area contributed by atoms with Gasteiger partial charge in [0.1, 0.15) is 4.88 Å². The van der Waals surface area contributed by atoms with Gasteiger partial charge in [-0.3, -0.25) is 9.69 Å². The summed E-state index contributed by atoms with van der Waals surface area (Å²) in [6.45, 7) is 10.4. The van der Waals surface area contributed by atoms with Crippen LogP contribution in [0.1, 0.15) is 84.7 Å². The fourth-order valence-electron chi connectivity index (χ4n) is 3.69. The van der Waals surface area contributed by atoms with Crippen molar-refractivity contribution in [2.24, 2.45) is 0 Å². The van der Waals surface area contributed by atoms with Gasteiger partial charge in [0, 0.05) is 11.6 Å². The lowest BCUT2D eigenvalue weighted by molar-refractivity contribution is 0.0531. The second-order valence-corrected chi connectivity index (χ2v) is 9.55. The summed E-state index contributed by atoms with van der Waals surface area (Å²) in [7, 11) is 0. The van der Waals surface area contributed by atoms with Crippen molar-refractivity contribution >= 4 is 28.3 Å². The standard InChI is InChI=1S/C23H30N2O3S/c1-6-28-21(27)19-15(2)24-22(29-19)25(18-9-7-8-10-18)20(26)16-11-13-17(14-12-16)23(3,4)5/h11-14,18H,6-10H2,1-5H3. The minimum Gasteiger partial charge on any atom is -0.462 e. The van der Waals surface area contributed by atoms with Crippen LogP contribution in [0.5, 0.6) is 0 Å². The van der Waals surface area contributed by atoms with Gasteiger partial charge in [-0.1, -0.05) is 57.1 Å². The highest BCUT2D eigenvalue weighted by atomic mass is 32.1. The Labute approximate surface area is 177 Å². The predicted octanol–water partition coefficient (Wildman–Crippen LogP) is 5.52. The zero-order valence-corrected chi connectivity index (χ0v) is 18.8. The molecule has 0 spiro atoms. The van der Waals surface area contributed by atoms with Crippen LogP contribution in [-0.4, -0.2) is 29.5 Å². The quantitative estimate of drug-likeness (QED) is 0.605. The molecule has 3 rings (SSSR count). The number of aryl methyl sites for hydroxylation is 1. The lowest BCUT2D eigenvalue weighted by atomic mass is 9.86. The molecule has 1 fully saturated rings. The van der Waals surface area contributed by atoms with E-state index < -0.39 is 0 Å². The van der Waals surface area contributed by atoms with Crippen LogP contribution in [0.25, 0.3) is 0 Å². The maximum Gasteiger partial charge on any atom is 0.350 e. The third-order valence-corrected chi connectivity index (χ3v) is 6.50. The first-order valence-electron chi connectivity index (χ1n) is 10.3. The van der Waals surface area contributed by atoms with Crippen LogP contribution in [0.3, 0.4) is 0 Å². The van der Waals surface area contributed by atoms with Gasteiger partial charge in [-0.25, -0.2) is 9.78 Å². The molecule has 1 aromatic heterocycles. The molecule has 5 nitrogen and oxygen atoms in total. The summed E-state index contributed by atoms with van der Waals surface area (Å²) < 4.78 is 5.15. The van der Waals surface area contributed by atoms with Gasteiger partial charge in [-0.15, -0.1) is 0 Å². The van der Waals surface area contributed by atoms with Crippen molar-refractivity contribution in [3.05, 3.63) is 46.0 Å². The Bertz CT molecular complexity index is 875. The summed E-state index contributed by atoms with van der Waals surface area (Å²) in [5, 5.41) is 0.586. The van der Waals surface area contributed by atoms with Gasteiger partial charge < -0.3 is 4.74 Å². The molecule has 0 atom stereocenters. The lowest BCUT2D eigenvalue weighted by Gasteiger charge is -2.27. The normalized spacial score (nSPS) is 14.8. The van der Waals surface area contributed by atoms with Gasteiger partial charge >= 0.3 is 5.97 Å². The minimum absolute atomic E-state index is 0.0354. The highest BCUT2D eigenvalue weighted by molar-refractivity contribution is 7.17. The van der Waals surface area contributed by atoms with Crippen LogP contribution in [-0.2, 0) is 10.2 Å². The monoisotopic (exact) mass is 414 g/mol. The SMILES string of the molecule is CCOC(=O)c1sc(N(C(=O)c2ccc(C(C)(C)C)cc2)C2CCCC2)nc1C. The summed E-state index contributed by atoms with van der Waals surface area (Å²) in [5.74, 6) is -0.427. The Hall–Kier alpha value is -2.21. The van der Waals surface area contributed by atoms with E-state index in [9.17, 15) is 9.59 Å². The molecule has 1 heterocycles. The molecule has 0 unspecified atom stereocenters. The van der Waals surface area contributed by atoms with E-state index in [-0.39, 0.29) is 23.3 Å². The molecule has 1 saturated carbocycles. The van der Waals surface area contributed by atoms with E-state index in [1.807, 2.05) is 24.3 Å². The molecule has 0 saturated heterocycles. The third kappa shape index (κ3) is 4.69. The van der Waals surface area contributed by atoms with E-state index in [0.29, 0.717) is 27.9 Å². The topological polar surface area (TPSA) is 59.5 Å². The number of ether oxygens (including phenoxy) is 1. The van der Waals surface area contributed by atoms with Crippen molar-refractivity contribution < 1.29 is 14.3 Å². The lowest BCUT2D eigenvalue weighted by Crippen LogP contribution is -2.39. The maximum atomic E-state index is 13.5. The van der Waals surface area contributed by atoms with E-state index in [0.717, 1.165) is 25.7 Å². The molecule has 29 heavy (non-hydrogen) atoms. The summed E-state index contributed by atoms with van der Waals surface area (Å²) in [5.41, 5.74) is 2.49. The largest absolute Gasteiger partial charge is 0.462 e. The molecule has 2 aromatic rings. The van der Waals surface area contributed by atoms with E-state index in [1.54, 1.807) is 18.7 Å². The number of esters is 1.